The van der Waals surface area contributed by atoms with Gasteiger partial charge in [0.15, 0.2) is 0 Å². The van der Waals surface area contributed by atoms with Gasteiger partial charge in [-0.1, -0.05) is 53.5 Å². The molecule has 2 aromatic carbocycles. The maximum atomic E-state index is 11.9. The number of nitrogens with one attached hydrogen (secondary N) is 1. The zero-order chi connectivity index (χ0) is 14.5. The second-order valence-electron chi connectivity index (χ2n) is 4.40. The van der Waals surface area contributed by atoms with Crippen LogP contribution in [-0.4, -0.2) is 5.91 Å². The highest BCUT2D eigenvalue weighted by Gasteiger charge is 2.12. The Labute approximate surface area is 127 Å². The number of amides is 1. The molecule has 0 bridgehead atoms. The molecule has 0 fully saturated rings. The first kappa shape index (κ1) is 14.9. The monoisotopic (exact) mass is 308 g/mol. The van der Waals surface area contributed by atoms with Crippen molar-refractivity contribution in [2.75, 3.05) is 5.32 Å². The molecular weight excluding hydrogens is 295 g/mol. The van der Waals surface area contributed by atoms with E-state index in [9.17, 15) is 4.79 Å². The number of carbonyl (C=O) groups excluding carboxylic acids is 1. The molecule has 0 heterocycles. The molecule has 1 amide bonds. The summed E-state index contributed by atoms with van der Waals surface area (Å²) in [6.07, 6.45) is 0.199. The van der Waals surface area contributed by atoms with Gasteiger partial charge >= 0.3 is 0 Å². The largest absolute Gasteiger partial charge is 0.326 e. The SMILES string of the molecule is NC(CC(=O)Nc1ccc(Cl)c(Cl)c1)c1ccccc1. The van der Waals surface area contributed by atoms with Crippen LogP contribution in [0.5, 0.6) is 0 Å². The Kier molecular flexibility index (Phi) is 5.01. The van der Waals surface area contributed by atoms with Crippen LogP contribution in [0.25, 0.3) is 0 Å². The van der Waals surface area contributed by atoms with Crippen LogP contribution in [0.2, 0.25) is 10.0 Å². The van der Waals surface area contributed by atoms with Crippen LogP contribution in [0.3, 0.4) is 0 Å². The third-order valence-corrected chi connectivity index (χ3v) is 3.58. The topological polar surface area (TPSA) is 55.1 Å². The van der Waals surface area contributed by atoms with Gasteiger partial charge in [-0.05, 0) is 23.8 Å². The minimum Gasteiger partial charge on any atom is -0.326 e. The van der Waals surface area contributed by atoms with Crippen molar-refractivity contribution in [3.8, 4) is 0 Å². The Balaban J connectivity index is 1.97. The van der Waals surface area contributed by atoms with Crippen molar-refractivity contribution in [2.45, 2.75) is 12.5 Å². The van der Waals surface area contributed by atoms with Crippen molar-refractivity contribution >= 4 is 34.8 Å². The lowest BCUT2D eigenvalue weighted by atomic mass is 10.0. The summed E-state index contributed by atoms with van der Waals surface area (Å²) in [7, 11) is 0. The van der Waals surface area contributed by atoms with Gasteiger partial charge in [-0.3, -0.25) is 4.79 Å². The van der Waals surface area contributed by atoms with Crippen LogP contribution in [0.15, 0.2) is 48.5 Å². The van der Waals surface area contributed by atoms with Gasteiger partial charge in [-0.25, -0.2) is 0 Å². The van der Waals surface area contributed by atoms with Gasteiger partial charge in [0, 0.05) is 18.2 Å². The highest BCUT2D eigenvalue weighted by Crippen LogP contribution is 2.25. The average Bonchev–Trinajstić information content (AvgIpc) is 2.44. The molecule has 0 radical (unpaired) electrons. The van der Waals surface area contributed by atoms with Crippen molar-refractivity contribution in [1.29, 1.82) is 0 Å². The molecule has 0 saturated heterocycles. The zero-order valence-corrected chi connectivity index (χ0v) is 12.2. The van der Waals surface area contributed by atoms with Crippen LogP contribution in [-0.2, 0) is 4.79 Å². The van der Waals surface area contributed by atoms with Gasteiger partial charge in [-0.2, -0.15) is 0 Å². The molecule has 20 heavy (non-hydrogen) atoms. The van der Waals surface area contributed by atoms with Crippen LogP contribution >= 0.6 is 23.2 Å². The quantitative estimate of drug-likeness (QED) is 0.896. The van der Waals surface area contributed by atoms with Gasteiger partial charge in [0.2, 0.25) is 5.91 Å². The molecule has 1 atom stereocenters. The van der Waals surface area contributed by atoms with Crippen LogP contribution < -0.4 is 11.1 Å². The van der Waals surface area contributed by atoms with Crippen LogP contribution in [0.4, 0.5) is 5.69 Å². The number of anilines is 1. The van der Waals surface area contributed by atoms with E-state index in [-0.39, 0.29) is 18.4 Å². The molecule has 2 aromatic rings. The van der Waals surface area contributed by atoms with Crippen molar-refractivity contribution < 1.29 is 4.79 Å². The number of rotatable bonds is 4. The number of benzene rings is 2. The summed E-state index contributed by atoms with van der Waals surface area (Å²) in [4.78, 5) is 11.9. The predicted molar refractivity (Wildman–Crippen MR) is 83.1 cm³/mol. The Morgan fingerprint density at radius 1 is 1.10 bits per heavy atom. The number of hydrogen-bond donors (Lipinski definition) is 2. The van der Waals surface area contributed by atoms with Gasteiger partial charge in [0.25, 0.3) is 0 Å². The fraction of sp³-hybridized carbons (Fsp3) is 0.133. The Morgan fingerprint density at radius 2 is 1.80 bits per heavy atom. The van der Waals surface area contributed by atoms with E-state index in [1.807, 2.05) is 30.3 Å². The van der Waals surface area contributed by atoms with E-state index in [4.69, 9.17) is 28.9 Å². The second kappa shape index (κ2) is 6.75. The molecule has 3 nitrogen and oxygen atoms in total. The number of nitrogens with two attached hydrogens (primary N) is 1. The Hall–Kier alpha value is -1.55. The molecule has 0 aliphatic heterocycles. The molecule has 0 saturated carbocycles. The number of halogens is 2. The zero-order valence-electron chi connectivity index (χ0n) is 10.6. The number of carbonyl (C=O) groups is 1. The highest BCUT2D eigenvalue weighted by atomic mass is 35.5. The summed E-state index contributed by atoms with van der Waals surface area (Å²) in [6.45, 7) is 0. The first-order valence-electron chi connectivity index (χ1n) is 6.11. The fourth-order valence-corrected chi connectivity index (χ4v) is 2.10. The molecule has 0 aliphatic carbocycles. The van der Waals surface area contributed by atoms with Crippen LogP contribution in [0.1, 0.15) is 18.0 Å². The summed E-state index contributed by atoms with van der Waals surface area (Å²) < 4.78 is 0. The second-order valence-corrected chi connectivity index (χ2v) is 5.21. The lowest BCUT2D eigenvalue weighted by molar-refractivity contribution is -0.116. The Bertz CT molecular complexity index is 602. The van der Waals surface area contributed by atoms with E-state index < -0.39 is 0 Å². The summed E-state index contributed by atoms with van der Waals surface area (Å²) in [5, 5.41) is 3.60. The molecule has 3 N–H and O–H groups in total. The third kappa shape index (κ3) is 3.97. The van der Waals surface area contributed by atoms with Gasteiger partial charge in [0.05, 0.1) is 10.0 Å². The number of hydrogen-bond acceptors (Lipinski definition) is 2. The summed E-state index contributed by atoms with van der Waals surface area (Å²) in [5.74, 6) is -0.167. The molecule has 1 unspecified atom stereocenters. The first-order chi connectivity index (χ1) is 9.56. The van der Waals surface area contributed by atoms with E-state index >= 15 is 0 Å². The summed E-state index contributed by atoms with van der Waals surface area (Å²) in [5.41, 5.74) is 7.52. The lowest BCUT2D eigenvalue weighted by Gasteiger charge is -2.12. The first-order valence-corrected chi connectivity index (χ1v) is 6.87. The fourth-order valence-electron chi connectivity index (χ4n) is 1.80. The Morgan fingerprint density at radius 3 is 2.45 bits per heavy atom. The molecule has 0 aromatic heterocycles. The van der Waals surface area contributed by atoms with Crippen molar-refractivity contribution in [3.05, 3.63) is 64.1 Å². The molecular formula is C15H14Cl2N2O. The highest BCUT2D eigenvalue weighted by molar-refractivity contribution is 6.42. The third-order valence-electron chi connectivity index (χ3n) is 2.84. The minimum absolute atomic E-state index is 0.167. The molecule has 5 heteroatoms. The van der Waals surface area contributed by atoms with Gasteiger partial charge in [-0.15, -0.1) is 0 Å². The molecule has 0 spiro atoms. The predicted octanol–water partition coefficient (Wildman–Crippen LogP) is 4.02. The van der Waals surface area contributed by atoms with E-state index in [1.54, 1.807) is 18.2 Å². The van der Waals surface area contributed by atoms with E-state index in [1.165, 1.54) is 0 Å². The standard InChI is InChI=1S/C15H14Cl2N2O/c16-12-7-6-11(8-13(12)17)19-15(20)9-14(18)10-4-2-1-3-5-10/h1-8,14H,9,18H2,(H,19,20). The van der Waals surface area contributed by atoms with Crippen molar-refractivity contribution in [1.82, 2.24) is 0 Å². The smallest absolute Gasteiger partial charge is 0.226 e. The minimum atomic E-state index is -0.334. The lowest BCUT2D eigenvalue weighted by Crippen LogP contribution is -2.20. The van der Waals surface area contributed by atoms with Crippen molar-refractivity contribution in [2.24, 2.45) is 5.73 Å². The molecule has 0 aliphatic rings. The summed E-state index contributed by atoms with van der Waals surface area (Å²) >= 11 is 11.7. The van der Waals surface area contributed by atoms with E-state index in [0.29, 0.717) is 15.7 Å². The maximum absolute atomic E-state index is 11.9. The maximum Gasteiger partial charge on any atom is 0.226 e. The summed E-state index contributed by atoms with van der Waals surface area (Å²) in [6, 6.07) is 14.1. The van der Waals surface area contributed by atoms with E-state index in [0.717, 1.165) is 5.56 Å². The molecule has 104 valence electrons. The average molecular weight is 309 g/mol. The van der Waals surface area contributed by atoms with Gasteiger partial charge in [0.1, 0.15) is 0 Å². The van der Waals surface area contributed by atoms with E-state index in [2.05, 4.69) is 5.32 Å². The van der Waals surface area contributed by atoms with Crippen LogP contribution in [0, 0.1) is 0 Å². The van der Waals surface area contributed by atoms with Crippen molar-refractivity contribution in [3.63, 3.8) is 0 Å². The normalized spacial score (nSPS) is 11.9. The molecule has 2 rings (SSSR count). The van der Waals surface area contributed by atoms with Gasteiger partial charge < -0.3 is 11.1 Å².